The lowest BCUT2D eigenvalue weighted by atomic mass is 10.1. The van der Waals surface area contributed by atoms with E-state index in [1.54, 1.807) is 44.4 Å². The zero-order valence-electron chi connectivity index (χ0n) is 17.8. The fraction of sp³-hybridized carbons (Fsp3) is 0.318. The number of carbonyl (C=O) groups excluding carboxylic acids is 2. The number of carbonyl (C=O) groups is 2. The smallest absolute Gasteiger partial charge is 0.417 e. The third-order valence-electron chi connectivity index (χ3n) is 4.41. The number of rotatable bonds is 6. The van der Waals surface area contributed by atoms with Gasteiger partial charge in [-0.25, -0.2) is 4.79 Å². The number of nitrogens with zero attached hydrogens (tertiary/aromatic N) is 2. The van der Waals surface area contributed by atoms with Gasteiger partial charge in [0, 0.05) is 23.1 Å². The van der Waals surface area contributed by atoms with Crippen molar-refractivity contribution < 1.29 is 27.5 Å². The Hall–Kier alpha value is -3.25. The van der Waals surface area contributed by atoms with E-state index in [2.05, 4.69) is 5.32 Å². The third kappa shape index (κ3) is 5.92. The predicted octanol–water partition coefficient (Wildman–Crippen LogP) is 4.74. The molecule has 32 heavy (non-hydrogen) atoms. The van der Waals surface area contributed by atoms with Gasteiger partial charge >= 0.3 is 12.1 Å². The Morgan fingerprint density at radius 3 is 2.50 bits per heavy atom. The van der Waals surface area contributed by atoms with Crippen molar-refractivity contribution >= 4 is 29.6 Å². The average Bonchev–Trinajstić information content (AvgIpc) is 2.96. The van der Waals surface area contributed by atoms with Crippen LogP contribution >= 0.6 is 11.6 Å². The number of esters is 1. The first kappa shape index (κ1) is 25.0. The molecule has 2 aromatic rings. The maximum Gasteiger partial charge on any atom is 0.417 e. The molecule has 6 nitrogen and oxygen atoms in total. The van der Waals surface area contributed by atoms with Crippen LogP contribution in [0.2, 0.25) is 5.02 Å². The molecule has 0 atom stereocenters. The molecule has 0 saturated carbocycles. The second kappa shape index (κ2) is 9.92. The van der Waals surface area contributed by atoms with E-state index < -0.39 is 35.2 Å². The number of ether oxygens (including phenoxy) is 1. The number of benzene rings is 1. The fourth-order valence-corrected chi connectivity index (χ4v) is 3.29. The van der Waals surface area contributed by atoms with Crippen molar-refractivity contribution in [2.75, 3.05) is 6.61 Å². The monoisotopic (exact) mass is 467 g/mol. The molecule has 0 fully saturated rings. The molecular weight excluding hydrogens is 447 g/mol. The second-order valence-electron chi connectivity index (χ2n) is 7.29. The van der Waals surface area contributed by atoms with Crippen LogP contribution < -0.4 is 5.32 Å². The summed E-state index contributed by atoms with van der Waals surface area (Å²) in [5.74, 6) is -1.49. The molecule has 0 unspecified atom stereocenters. The Balaban J connectivity index is 2.36. The SMILES string of the molecule is Cc1cc(/C=C(\C#N)C(=O)OCC(=O)NC(C)C)c(C)n1-c1ccc(Cl)c(C(F)(F)F)c1. The summed E-state index contributed by atoms with van der Waals surface area (Å²) in [7, 11) is 0. The van der Waals surface area contributed by atoms with Gasteiger partial charge in [-0.15, -0.1) is 0 Å². The Morgan fingerprint density at radius 2 is 1.94 bits per heavy atom. The standard InChI is InChI=1S/C22H21ClF3N3O3/c1-12(2)28-20(30)11-32-21(31)16(10-27)8-15-7-13(3)29(14(15)4)17-5-6-19(23)18(9-17)22(24,25)26/h5-9,12H,11H2,1-4H3,(H,28,30)/b16-8+. The van der Waals surface area contributed by atoms with Crippen LogP contribution in [0.3, 0.4) is 0 Å². The minimum Gasteiger partial charge on any atom is -0.451 e. The molecule has 0 radical (unpaired) electrons. The molecule has 0 spiro atoms. The second-order valence-corrected chi connectivity index (χ2v) is 7.70. The molecule has 2 rings (SSSR count). The van der Waals surface area contributed by atoms with Crippen LogP contribution in [0, 0.1) is 25.2 Å². The highest BCUT2D eigenvalue weighted by atomic mass is 35.5. The first-order valence-corrected chi connectivity index (χ1v) is 9.87. The number of hydrogen-bond donors (Lipinski definition) is 1. The molecule has 170 valence electrons. The van der Waals surface area contributed by atoms with Gasteiger partial charge in [0.25, 0.3) is 5.91 Å². The molecule has 0 aliphatic heterocycles. The van der Waals surface area contributed by atoms with Crippen molar-refractivity contribution in [1.82, 2.24) is 9.88 Å². The summed E-state index contributed by atoms with van der Waals surface area (Å²) in [6.45, 7) is 6.26. The molecule has 1 amide bonds. The van der Waals surface area contributed by atoms with Crippen LogP contribution in [0.5, 0.6) is 0 Å². The molecule has 1 aromatic heterocycles. The largest absolute Gasteiger partial charge is 0.451 e. The Labute approximate surface area is 188 Å². The lowest BCUT2D eigenvalue weighted by Gasteiger charge is -2.14. The van der Waals surface area contributed by atoms with Gasteiger partial charge in [0.15, 0.2) is 6.61 Å². The predicted molar refractivity (Wildman–Crippen MR) is 113 cm³/mol. The van der Waals surface area contributed by atoms with Crippen molar-refractivity contribution in [1.29, 1.82) is 5.26 Å². The lowest BCUT2D eigenvalue weighted by Crippen LogP contribution is -2.34. The fourth-order valence-electron chi connectivity index (χ4n) is 3.07. The van der Waals surface area contributed by atoms with E-state index >= 15 is 0 Å². The Bertz CT molecular complexity index is 1110. The van der Waals surface area contributed by atoms with E-state index in [-0.39, 0.29) is 17.3 Å². The molecule has 1 aromatic carbocycles. The molecule has 10 heteroatoms. The van der Waals surface area contributed by atoms with Gasteiger partial charge in [0.2, 0.25) is 0 Å². The molecule has 0 aliphatic carbocycles. The number of amides is 1. The van der Waals surface area contributed by atoms with E-state index in [0.717, 1.165) is 12.1 Å². The van der Waals surface area contributed by atoms with Crippen molar-refractivity contribution in [3.63, 3.8) is 0 Å². The van der Waals surface area contributed by atoms with Crippen molar-refractivity contribution in [3.8, 4) is 11.8 Å². The highest BCUT2D eigenvalue weighted by Crippen LogP contribution is 2.36. The van der Waals surface area contributed by atoms with Gasteiger partial charge in [-0.05, 0) is 63.6 Å². The highest BCUT2D eigenvalue weighted by Gasteiger charge is 2.33. The molecule has 0 bridgehead atoms. The summed E-state index contributed by atoms with van der Waals surface area (Å²) in [5.41, 5.74) is 0.410. The molecule has 1 N–H and O–H groups in total. The van der Waals surface area contributed by atoms with Crippen molar-refractivity contribution in [2.24, 2.45) is 0 Å². The molecule has 1 heterocycles. The van der Waals surface area contributed by atoms with Crippen LogP contribution in [0.1, 0.15) is 36.4 Å². The van der Waals surface area contributed by atoms with E-state index in [4.69, 9.17) is 16.3 Å². The number of nitrogens with one attached hydrogen (secondary N) is 1. The number of aryl methyl sites for hydroxylation is 1. The van der Waals surface area contributed by atoms with Crippen LogP contribution in [0.4, 0.5) is 13.2 Å². The van der Waals surface area contributed by atoms with Crippen molar-refractivity contribution in [3.05, 3.63) is 57.4 Å². The van der Waals surface area contributed by atoms with Crippen LogP contribution in [0.15, 0.2) is 29.8 Å². The van der Waals surface area contributed by atoms with Crippen LogP contribution in [0.25, 0.3) is 11.8 Å². The number of halogens is 4. The summed E-state index contributed by atoms with van der Waals surface area (Å²) < 4.78 is 46.1. The molecular formula is C22H21ClF3N3O3. The number of hydrogen-bond acceptors (Lipinski definition) is 4. The maximum absolute atomic E-state index is 13.2. The van der Waals surface area contributed by atoms with Gasteiger partial charge in [-0.1, -0.05) is 11.6 Å². The highest BCUT2D eigenvalue weighted by molar-refractivity contribution is 6.31. The number of nitriles is 1. The van der Waals surface area contributed by atoms with E-state index in [1.165, 1.54) is 12.1 Å². The zero-order chi connectivity index (χ0) is 24.2. The van der Waals surface area contributed by atoms with E-state index in [1.807, 2.05) is 0 Å². The number of alkyl halides is 3. The van der Waals surface area contributed by atoms with Gasteiger partial charge in [-0.2, -0.15) is 18.4 Å². The van der Waals surface area contributed by atoms with Crippen LogP contribution in [-0.4, -0.2) is 29.1 Å². The normalized spacial score (nSPS) is 11.9. The van der Waals surface area contributed by atoms with Gasteiger partial charge in [-0.3, -0.25) is 4.79 Å². The topological polar surface area (TPSA) is 84.1 Å². The third-order valence-corrected chi connectivity index (χ3v) is 4.74. The summed E-state index contributed by atoms with van der Waals surface area (Å²) >= 11 is 5.70. The minimum atomic E-state index is -4.62. The zero-order valence-corrected chi connectivity index (χ0v) is 18.6. The van der Waals surface area contributed by atoms with Crippen molar-refractivity contribution in [2.45, 2.75) is 39.9 Å². The van der Waals surface area contributed by atoms with Gasteiger partial charge in [0.05, 0.1) is 10.6 Å². The Morgan fingerprint density at radius 1 is 1.28 bits per heavy atom. The summed E-state index contributed by atoms with van der Waals surface area (Å²) in [5, 5.41) is 11.5. The minimum absolute atomic E-state index is 0.136. The average molecular weight is 468 g/mol. The summed E-state index contributed by atoms with van der Waals surface area (Å²) in [6.07, 6.45) is -3.35. The van der Waals surface area contributed by atoms with Gasteiger partial charge in [0.1, 0.15) is 11.6 Å². The number of aromatic nitrogens is 1. The Kier molecular flexibility index (Phi) is 7.75. The maximum atomic E-state index is 13.2. The first-order valence-electron chi connectivity index (χ1n) is 9.49. The molecule has 0 aliphatic rings. The van der Waals surface area contributed by atoms with Crippen LogP contribution in [-0.2, 0) is 20.5 Å². The lowest BCUT2D eigenvalue weighted by molar-refractivity contribution is -0.144. The summed E-state index contributed by atoms with van der Waals surface area (Å²) in [6, 6.07) is 6.75. The first-order chi connectivity index (χ1) is 14.8. The van der Waals surface area contributed by atoms with E-state index in [9.17, 15) is 28.0 Å². The van der Waals surface area contributed by atoms with E-state index in [0.29, 0.717) is 17.0 Å². The quantitative estimate of drug-likeness (QED) is 0.378. The molecule has 0 saturated heterocycles. The summed E-state index contributed by atoms with van der Waals surface area (Å²) in [4.78, 5) is 23.8. The van der Waals surface area contributed by atoms with Gasteiger partial charge < -0.3 is 14.6 Å².